The van der Waals surface area contributed by atoms with Crippen molar-refractivity contribution < 1.29 is 8.42 Å². The first kappa shape index (κ1) is 11.5. The molecule has 0 radical (unpaired) electrons. The van der Waals surface area contributed by atoms with Crippen LogP contribution in [0.4, 0.5) is 11.8 Å². The number of nitrogen functional groups attached to an aromatic ring is 1. The monoisotopic (exact) mass is 256 g/mol. The average molecular weight is 256 g/mol. The van der Waals surface area contributed by atoms with E-state index in [0.717, 1.165) is 0 Å². The molecule has 9 heteroatoms. The highest BCUT2D eigenvalue weighted by Crippen LogP contribution is 2.22. The van der Waals surface area contributed by atoms with Crippen molar-refractivity contribution >= 4 is 21.8 Å². The number of nitrogens with two attached hydrogens (primary N) is 1. The van der Waals surface area contributed by atoms with Gasteiger partial charge in [-0.05, 0) is 6.92 Å². The van der Waals surface area contributed by atoms with E-state index >= 15 is 0 Å². The van der Waals surface area contributed by atoms with Gasteiger partial charge in [0.25, 0.3) is 10.0 Å². The van der Waals surface area contributed by atoms with Crippen molar-refractivity contribution in [3.63, 3.8) is 0 Å². The maximum absolute atomic E-state index is 12.1. The molecule has 17 heavy (non-hydrogen) atoms. The molecule has 0 unspecified atom stereocenters. The molecule has 92 valence electrons. The number of nitrogens with zero attached hydrogens (tertiary/aromatic N) is 3. The van der Waals surface area contributed by atoms with Gasteiger partial charge in [-0.2, -0.15) is 5.10 Å². The highest BCUT2D eigenvalue weighted by atomic mass is 32.2. The minimum atomic E-state index is -3.78. The molecule has 0 spiro atoms. The number of hydrogen-bond donors (Lipinski definition) is 3. The minimum absolute atomic E-state index is 0.0311. The summed E-state index contributed by atoms with van der Waals surface area (Å²) >= 11 is 0. The fraction of sp³-hybridized carbons (Fsp3) is 0.250. The van der Waals surface area contributed by atoms with Gasteiger partial charge in [-0.15, -0.1) is 0 Å². The number of sulfonamides is 1. The second kappa shape index (κ2) is 3.77. The van der Waals surface area contributed by atoms with Crippen LogP contribution >= 0.6 is 0 Å². The van der Waals surface area contributed by atoms with Crippen molar-refractivity contribution in [2.24, 2.45) is 7.05 Å². The van der Waals surface area contributed by atoms with Crippen LogP contribution < -0.4 is 10.5 Å². The van der Waals surface area contributed by atoms with Gasteiger partial charge in [0.15, 0.2) is 10.7 Å². The highest BCUT2D eigenvalue weighted by molar-refractivity contribution is 7.93. The molecule has 0 bridgehead atoms. The number of H-pyrrole nitrogens is 1. The molecule has 0 fully saturated rings. The second-order valence-electron chi connectivity index (χ2n) is 3.47. The van der Waals surface area contributed by atoms with Crippen LogP contribution in [0.25, 0.3) is 0 Å². The third kappa shape index (κ3) is 1.96. The van der Waals surface area contributed by atoms with Gasteiger partial charge in [0.1, 0.15) is 0 Å². The molecule has 2 rings (SSSR count). The summed E-state index contributed by atoms with van der Waals surface area (Å²) in [5.41, 5.74) is 6.04. The van der Waals surface area contributed by atoms with Gasteiger partial charge in [-0.1, -0.05) is 0 Å². The Labute approximate surface area is 97.9 Å². The Bertz CT molecular complexity index is 627. The summed E-state index contributed by atoms with van der Waals surface area (Å²) in [5.74, 6) is 0.0942. The first-order chi connectivity index (χ1) is 7.92. The maximum atomic E-state index is 12.1. The molecule has 4 N–H and O–H groups in total. The molecule has 0 amide bonds. The number of rotatable bonds is 3. The van der Waals surface area contributed by atoms with E-state index in [1.807, 2.05) is 0 Å². The van der Waals surface area contributed by atoms with E-state index in [1.54, 1.807) is 14.0 Å². The average Bonchev–Trinajstić information content (AvgIpc) is 2.76. The smallest absolute Gasteiger partial charge is 0.269 e. The zero-order valence-electron chi connectivity index (χ0n) is 9.30. The Morgan fingerprint density at radius 2 is 2.24 bits per heavy atom. The van der Waals surface area contributed by atoms with E-state index < -0.39 is 10.0 Å². The predicted octanol–water partition coefficient (Wildman–Crippen LogP) is -0.165. The lowest BCUT2D eigenvalue weighted by atomic mass is 10.5. The summed E-state index contributed by atoms with van der Waals surface area (Å²) in [7, 11) is -2.15. The van der Waals surface area contributed by atoms with Crippen molar-refractivity contribution in [1.29, 1.82) is 0 Å². The Morgan fingerprint density at radius 1 is 1.53 bits per heavy atom. The predicted molar refractivity (Wildman–Crippen MR) is 61.8 cm³/mol. The van der Waals surface area contributed by atoms with Crippen LogP contribution in [0.2, 0.25) is 0 Å². The molecule has 0 atom stereocenters. The molecule has 8 nitrogen and oxygen atoms in total. The normalized spacial score (nSPS) is 11.6. The minimum Gasteiger partial charge on any atom is -0.381 e. The molecular formula is C8H12N6O2S. The largest absolute Gasteiger partial charge is 0.381 e. The van der Waals surface area contributed by atoms with Gasteiger partial charge in [0.05, 0.1) is 5.69 Å². The number of aromatic amines is 1. The van der Waals surface area contributed by atoms with E-state index in [9.17, 15) is 8.42 Å². The van der Waals surface area contributed by atoms with E-state index in [2.05, 4.69) is 19.8 Å². The van der Waals surface area contributed by atoms with Crippen LogP contribution in [-0.2, 0) is 17.1 Å². The zero-order chi connectivity index (χ0) is 12.6. The maximum Gasteiger partial charge on any atom is 0.269 e. The Hall–Kier alpha value is -2.03. The Morgan fingerprint density at radius 3 is 2.71 bits per heavy atom. The van der Waals surface area contributed by atoms with Crippen molar-refractivity contribution in [2.45, 2.75) is 11.8 Å². The fourth-order valence-electron chi connectivity index (χ4n) is 1.45. The first-order valence-electron chi connectivity index (χ1n) is 4.73. The highest BCUT2D eigenvalue weighted by Gasteiger charge is 2.25. The third-order valence-corrected chi connectivity index (χ3v) is 3.81. The van der Waals surface area contributed by atoms with Crippen LogP contribution in [0.5, 0.6) is 0 Å². The summed E-state index contributed by atoms with van der Waals surface area (Å²) < 4.78 is 27.8. The van der Waals surface area contributed by atoms with Crippen LogP contribution in [-0.4, -0.2) is 28.2 Å². The number of aromatic nitrogens is 4. The zero-order valence-corrected chi connectivity index (χ0v) is 10.1. The molecule has 0 aliphatic heterocycles. The number of imidazole rings is 1. The van der Waals surface area contributed by atoms with E-state index in [1.165, 1.54) is 17.1 Å². The summed E-state index contributed by atoms with van der Waals surface area (Å²) in [6.07, 6.45) is 2.95. The van der Waals surface area contributed by atoms with Crippen molar-refractivity contribution in [3.8, 4) is 0 Å². The lowest BCUT2D eigenvalue weighted by Crippen LogP contribution is -2.16. The van der Waals surface area contributed by atoms with Gasteiger partial charge < -0.3 is 10.7 Å². The molecule has 0 aliphatic rings. The molecule has 2 aromatic rings. The van der Waals surface area contributed by atoms with E-state index in [-0.39, 0.29) is 16.7 Å². The van der Waals surface area contributed by atoms with Gasteiger partial charge in [0.2, 0.25) is 5.95 Å². The van der Waals surface area contributed by atoms with Gasteiger partial charge in [-0.3, -0.25) is 4.68 Å². The SMILES string of the molecule is Cc1c(S(=O)(=O)Nc2ncc[nH]2)c(N)nn1C. The molecule has 0 aromatic carbocycles. The second-order valence-corrected chi connectivity index (χ2v) is 5.09. The molecular weight excluding hydrogens is 244 g/mol. The van der Waals surface area contributed by atoms with Gasteiger partial charge in [0, 0.05) is 19.4 Å². The Kier molecular flexibility index (Phi) is 2.54. The van der Waals surface area contributed by atoms with E-state index in [4.69, 9.17) is 5.73 Å². The Balaban J connectivity index is 2.45. The van der Waals surface area contributed by atoms with Gasteiger partial charge in [-0.25, -0.2) is 18.1 Å². The van der Waals surface area contributed by atoms with Gasteiger partial charge >= 0.3 is 0 Å². The number of aryl methyl sites for hydroxylation is 1. The quantitative estimate of drug-likeness (QED) is 0.704. The molecule has 2 aromatic heterocycles. The lowest BCUT2D eigenvalue weighted by Gasteiger charge is -2.05. The molecule has 0 saturated carbocycles. The molecule has 0 saturated heterocycles. The number of hydrogen-bond acceptors (Lipinski definition) is 5. The van der Waals surface area contributed by atoms with Crippen LogP contribution in [0, 0.1) is 6.92 Å². The molecule has 2 heterocycles. The first-order valence-corrected chi connectivity index (χ1v) is 6.21. The van der Waals surface area contributed by atoms with Crippen molar-refractivity contribution in [3.05, 3.63) is 18.1 Å². The molecule has 0 aliphatic carbocycles. The summed E-state index contributed by atoms with van der Waals surface area (Å²) in [4.78, 5) is 6.39. The van der Waals surface area contributed by atoms with Crippen molar-refractivity contribution in [2.75, 3.05) is 10.5 Å². The lowest BCUT2D eigenvalue weighted by molar-refractivity contribution is 0.600. The van der Waals surface area contributed by atoms with Crippen LogP contribution in [0.15, 0.2) is 17.3 Å². The summed E-state index contributed by atoms with van der Waals surface area (Å²) in [6, 6.07) is 0. The van der Waals surface area contributed by atoms with Crippen molar-refractivity contribution in [1.82, 2.24) is 19.7 Å². The van der Waals surface area contributed by atoms with Crippen LogP contribution in [0.1, 0.15) is 5.69 Å². The standard InChI is InChI=1S/C8H12N6O2S/c1-5-6(7(9)12-14(5)2)17(15,16)13-8-10-3-4-11-8/h3-4H,1-2H3,(H2,9,12)(H2,10,11,13). The summed E-state index contributed by atoms with van der Waals surface area (Å²) in [6.45, 7) is 1.63. The van der Waals surface area contributed by atoms with Crippen LogP contribution in [0.3, 0.4) is 0 Å². The number of anilines is 2. The number of nitrogens with one attached hydrogen (secondary N) is 2. The topological polar surface area (TPSA) is 119 Å². The van der Waals surface area contributed by atoms with E-state index in [0.29, 0.717) is 5.69 Å². The fourth-order valence-corrected chi connectivity index (χ4v) is 2.75. The third-order valence-electron chi connectivity index (χ3n) is 2.30. The summed E-state index contributed by atoms with van der Waals surface area (Å²) in [5, 5.41) is 3.85.